The van der Waals surface area contributed by atoms with E-state index in [4.69, 9.17) is 4.74 Å². The fourth-order valence-corrected chi connectivity index (χ4v) is 4.60. The van der Waals surface area contributed by atoms with E-state index >= 15 is 0 Å². The van der Waals surface area contributed by atoms with Gasteiger partial charge in [-0.1, -0.05) is 31.7 Å². The summed E-state index contributed by atoms with van der Waals surface area (Å²) in [5, 5.41) is 0. The van der Waals surface area contributed by atoms with Crippen LogP contribution in [-0.4, -0.2) is 6.61 Å². The van der Waals surface area contributed by atoms with Gasteiger partial charge in [0.25, 0.3) is 0 Å². The topological polar surface area (TPSA) is 9.23 Å². The molecule has 2 fully saturated rings. The molecule has 0 unspecified atom stereocenters. The summed E-state index contributed by atoms with van der Waals surface area (Å²) in [5.41, 5.74) is 0.510. The smallest absolute Gasteiger partial charge is 0.200 e. The van der Waals surface area contributed by atoms with Crippen LogP contribution in [0, 0.1) is 29.4 Å². The largest absolute Gasteiger partial charge is 0.491 e. The highest BCUT2D eigenvalue weighted by Gasteiger charge is 2.30. The van der Waals surface area contributed by atoms with Gasteiger partial charge in [0, 0.05) is 0 Å². The number of hydrogen-bond acceptors (Lipinski definition) is 1. The van der Waals surface area contributed by atoms with Gasteiger partial charge < -0.3 is 4.74 Å². The summed E-state index contributed by atoms with van der Waals surface area (Å²) in [4.78, 5) is 0. The van der Waals surface area contributed by atoms with Gasteiger partial charge in [-0.05, 0) is 68.4 Å². The maximum Gasteiger partial charge on any atom is 0.200 e. The van der Waals surface area contributed by atoms with Crippen LogP contribution >= 0.6 is 0 Å². The molecule has 0 bridgehead atoms. The maximum atomic E-state index is 14.2. The average molecular weight is 322 g/mol. The van der Waals surface area contributed by atoms with E-state index in [-0.39, 0.29) is 5.75 Å². The van der Waals surface area contributed by atoms with E-state index < -0.39 is 11.6 Å². The molecule has 3 heteroatoms. The van der Waals surface area contributed by atoms with Crippen LogP contribution in [0.1, 0.15) is 63.9 Å². The van der Waals surface area contributed by atoms with Crippen molar-refractivity contribution >= 4 is 0 Å². The van der Waals surface area contributed by atoms with Crippen LogP contribution in [0.3, 0.4) is 0 Å². The standard InChI is InChI=1S/C20H28F2O/c1-2-23-18-12-11-17(19(21)20(18)22)13-14-7-9-16(10-8-14)15-5-3-4-6-15/h11-12,14-16H,2-10,13H2,1H3. The molecule has 23 heavy (non-hydrogen) atoms. The zero-order chi connectivity index (χ0) is 16.2. The Hall–Kier alpha value is -1.12. The molecule has 0 heterocycles. The minimum atomic E-state index is -0.830. The lowest BCUT2D eigenvalue weighted by atomic mass is 9.74. The second kappa shape index (κ2) is 7.63. The Bertz CT molecular complexity index is 515. The first-order valence-corrected chi connectivity index (χ1v) is 9.28. The van der Waals surface area contributed by atoms with Crippen LogP contribution in [0.15, 0.2) is 12.1 Å². The Kier molecular flexibility index (Phi) is 5.55. The van der Waals surface area contributed by atoms with Gasteiger partial charge in [0.2, 0.25) is 5.82 Å². The van der Waals surface area contributed by atoms with Crippen molar-refractivity contribution in [2.24, 2.45) is 17.8 Å². The predicted molar refractivity (Wildman–Crippen MR) is 88.6 cm³/mol. The third-order valence-electron chi connectivity index (χ3n) is 5.89. The Morgan fingerprint density at radius 1 is 0.913 bits per heavy atom. The average Bonchev–Trinajstić information content (AvgIpc) is 3.10. The fourth-order valence-electron chi connectivity index (χ4n) is 4.60. The van der Waals surface area contributed by atoms with E-state index in [9.17, 15) is 8.78 Å². The van der Waals surface area contributed by atoms with Gasteiger partial charge in [-0.2, -0.15) is 4.39 Å². The maximum absolute atomic E-state index is 14.2. The van der Waals surface area contributed by atoms with Crippen molar-refractivity contribution in [3.8, 4) is 5.75 Å². The van der Waals surface area contributed by atoms with Crippen molar-refractivity contribution < 1.29 is 13.5 Å². The summed E-state index contributed by atoms with van der Waals surface area (Å²) in [6, 6.07) is 3.27. The molecule has 0 N–H and O–H groups in total. The van der Waals surface area contributed by atoms with E-state index in [0.29, 0.717) is 24.5 Å². The first kappa shape index (κ1) is 16.7. The third-order valence-corrected chi connectivity index (χ3v) is 5.89. The molecule has 0 spiro atoms. The van der Waals surface area contributed by atoms with Crippen molar-refractivity contribution in [3.63, 3.8) is 0 Å². The number of rotatable bonds is 5. The van der Waals surface area contributed by atoms with Crippen molar-refractivity contribution in [1.82, 2.24) is 0 Å². The molecule has 1 nitrogen and oxygen atoms in total. The van der Waals surface area contributed by atoms with Crippen molar-refractivity contribution in [2.75, 3.05) is 6.61 Å². The lowest BCUT2D eigenvalue weighted by Gasteiger charge is -2.32. The zero-order valence-electron chi connectivity index (χ0n) is 14.1. The SMILES string of the molecule is CCOc1ccc(CC2CCC(C3CCCC3)CC2)c(F)c1F. The predicted octanol–water partition coefficient (Wildman–Crippen LogP) is 5.90. The van der Waals surface area contributed by atoms with E-state index in [1.54, 1.807) is 19.1 Å². The highest BCUT2D eigenvalue weighted by molar-refractivity contribution is 5.31. The lowest BCUT2D eigenvalue weighted by molar-refractivity contribution is 0.204. The molecular weight excluding hydrogens is 294 g/mol. The number of halogens is 2. The van der Waals surface area contributed by atoms with Crippen molar-refractivity contribution in [1.29, 1.82) is 0 Å². The zero-order valence-corrected chi connectivity index (χ0v) is 14.1. The molecule has 2 aliphatic rings. The summed E-state index contributed by atoms with van der Waals surface area (Å²) < 4.78 is 33.3. The van der Waals surface area contributed by atoms with Crippen molar-refractivity contribution in [3.05, 3.63) is 29.3 Å². The monoisotopic (exact) mass is 322 g/mol. The molecule has 2 aliphatic carbocycles. The van der Waals surface area contributed by atoms with E-state index in [1.807, 2.05) is 0 Å². The number of hydrogen-bond donors (Lipinski definition) is 0. The van der Waals surface area contributed by atoms with Crippen molar-refractivity contribution in [2.45, 2.75) is 64.7 Å². The molecule has 0 aliphatic heterocycles. The van der Waals surface area contributed by atoms with Crippen LogP contribution in [0.5, 0.6) is 5.75 Å². The van der Waals surface area contributed by atoms with Crippen LogP contribution in [0.25, 0.3) is 0 Å². The van der Waals surface area contributed by atoms with E-state index in [2.05, 4.69) is 0 Å². The van der Waals surface area contributed by atoms with E-state index in [0.717, 1.165) is 24.7 Å². The first-order chi connectivity index (χ1) is 11.2. The molecule has 0 amide bonds. The molecule has 0 radical (unpaired) electrons. The molecular formula is C20H28F2O. The van der Waals surface area contributed by atoms with Crippen LogP contribution in [0.4, 0.5) is 8.78 Å². The number of benzene rings is 1. The second-order valence-electron chi connectivity index (χ2n) is 7.31. The van der Waals surface area contributed by atoms with Gasteiger partial charge in [-0.15, -0.1) is 0 Å². The summed E-state index contributed by atoms with van der Waals surface area (Å²) in [6.45, 7) is 2.12. The highest BCUT2D eigenvalue weighted by Crippen LogP contribution is 2.41. The van der Waals surface area contributed by atoms with Gasteiger partial charge in [0.15, 0.2) is 11.6 Å². The Balaban J connectivity index is 1.57. The minimum Gasteiger partial charge on any atom is -0.491 e. The molecule has 128 valence electrons. The summed E-state index contributed by atoms with van der Waals surface area (Å²) in [6.07, 6.45) is 11.2. The lowest BCUT2D eigenvalue weighted by Crippen LogP contribution is -2.21. The summed E-state index contributed by atoms with van der Waals surface area (Å²) >= 11 is 0. The first-order valence-electron chi connectivity index (χ1n) is 9.28. The molecule has 2 saturated carbocycles. The summed E-state index contributed by atoms with van der Waals surface area (Å²) in [7, 11) is 0. The third kappa shape index (κ3) is 3.87. The van der Waals surface area contributed by atoms with E-state index in [1.165, 1.54) is 38.5 Å². The Morgan fingerprint density at radius 3 is 2.22 bits per heavy atom. The Morgan fingerprint density at radius 2 is 1.57 bits per heavy atom. The molecule has 0 saturated heterocycles. The molecule has 1 aromatic rings. The normalized spacial score (nSPS) is 25.7. The molecule has 3 rings (SSSR count). The van der Waals surface area contributed by atoms with Gasteiger partial charge >= 0.3 is 0 Å². The minimum absolute atomic E-state index is 0.0266. The highest BCUT2D eigenvalue weighted by atomic mass is 19.2. The molecule has 0 aromatic heterocycles. The Labute approximate surface area is 138 Å². The molecule has 0 atom stereocenters. The van der Waals surface area contributed by atoms with Gasteiger partial charge in [-0.3, -0.25) is 0 Å². The van der Waals surface area contributed by atoms with Crippen LogP contribution in [0.2, 0.25) is 0 Å². The second-order valence-corrected chi connectivity index (χ2v) is 7.31. The molecule has 1 aromatic carbocycles. The van der Waals surface area contributed by atoms with Gasteiger partial charge in [0.1, 0.15) is 0 Å². The summed E-state index contributed by atoms with van der Waals surface area (Å²) in [5.74, 6) is 0.808. The quantitative estimate of drug-likeness (QED) is 0.655. The number of ether oxygens (including phenoxy) is 1. The van der Waals surface area contributed by atoms with Gasteiger partial charge in [0.05, 0.1) is 6.61 Å². The van der Waals surface area contributed by atoms with Gasteiger partial charge in [-0.25, -0.2) is 4.39 Å². The fraction of sp³-hybridized carbons (Fsp3) is 0.700. The van der Waals surface area contributed by atoms with Crippen LogP contribution < -0.4 is 4.74 Å². The van der Waals surface area contributed by atoms with Crippen LogP contribution in [-0.2, 0) is 6.42 Å².